The summed E-state index contributed by atoms with van der Waals surface area (Å²) in [7, 11) is 1.64. The molecule has 1 aromatic heterocycles. The van der Waals surface area contributed by atoms with Crippen molar-refractivity contribution in [2.75, 3.05) is 7.11 Å². The fourth-order valence-corrected chi connectivity index (χ4v) is 1.33. The summed E-state index contributed by atoms with van der Waals surface area (Å²) in [5.41, 5.74) is 1.93. The number of methoxy groups -OCH3 is 1. The molecule has 3 heteroatoms. The topological polar surface area (TPSA) is 37.9 Å². The van der Waals surface area contributed by atoms with Gasteiger partial charge in [-0.25, -0.2) is 4.98 Å². The first-order valence-electron chi connectivity index (χ1n) is 4.37. The van der Waals surface area contributed by atoms with Crippen molar-refractivity contribution in [3.8, 4) is 17.1 Å². The van der Waals surface area contributed by atoms with Crippen molar-refractivity contribution in [1.82, 2.24) is 9.97 Å². The van der Waals surface area contributed by atoms with Crippen molar-refractivity contribution in [2.45, 2.75) is 6.92 Å². The maximum absolute atomic E-state index is 5.22. The number of aromatic nitrogens is 2. The van der Waals surface area contributed by atoms with Gasteiger partial charge >= 0.3 is 0 Å². The Kier molecular flexibility index (Phi) is 2.23. The largest absolute Gasteiger partial charge is 0.496 e. The molecule has 0 aliphatic carbocycles. The molecule has 0 bridgehead atoms. The van der Waals surface area contributed by atoms with Gasteiger partial charge in [0.25, 0.3) is 0 Å². The molecule has 2 aromatic rings. The quantitative estimate of drug-likeness (QED) is 0.782. The lowest BCUT2D eigenvalue weighted by molar-refractivity contribution is 0.416. The molecular weight excluding hydrogens is 176 g/mol. The van der Waals surface area contributed by atoms with Crippen LogP contribution in [0.1, 0.15) is 5.69 Å². The van der Waals surface area contributed by atoms with Crippen LogP contribution in [0.2, 0.25) is 0 Å². The van der Waals surface area contributed by atoms with E-state index in [1.807, 2.05) is 25.3 Å². The van der Waals surface area contributed by atoms with Crippen LogP contribution in [-0.2, 0) is 0 Å². The summed E-state index contributed by atoms with van der Waals surface area (Å²) in [5.74, 6) is 1.61. The van der Waals surface area contributed by atoms with Crippen LogP contribution in [0.4, 0.5) is 0 Å². The number of aryl methyl sites for hydroxylation is 1. The Bertz CT molecular complexity index is 434. The van der Waals surface area contributed by atoms with Gasteiger partial charge < -0.3 is 9.72 Å². The molecule has 71 valence electrons. The van der Waals surface area contributed by atoms with Crippen LogP contribution in [0.15, 0.2) is 24.4 Å². The lowest BCUT2D eigenvalue weighted by Gasteiger charge is -2.04. The summed E-state index contributed by atoms with van der Waals surface area (Å²) in [6.45, 7) is 1.95. The summed E-state index contributed by atoms with van der Waals surface area (Å²) in [4.78, 5) is 7.43. The third-order valence-electron chi connectivity index (χ3n) is 2.01. The fraction of sp³-hybridized carbons (Fsp3) is 0.182. The molecule has 0 amide bonds. The molecule has 0 saturated carbocycles. The van der Waals surface area contributed by atoms with E-state index in [1.165, 1.54) is 0 Å². The smallest absolute Gasteiger partial charge is 0.141 e. The van der Waals surface area contributed by atoms with E-state index in [-0.39, 0.29) is 0 Å². The van der Waals surface area contributed by atoms with E-state index in [2.05, 4.69) is 16.0 Å². The first kappa shape index (κ1) is 8.81. The van der Waals surface area contributed by atoms with Crippen molar-refractivity contribution in [3.05, 3.63) is 36.2 Å². The zero-order valence-corrected chi connectivity index (χ0v) is 8.16. The maximum atomic E-state index is 5.22. The number of aromatic amines is 1. The molecule has 1 radical (unpaired) electrons. The van der Waals surface area contributed by atoms with Gasteiger partial charge in [0.15, 0.2) is 0 Å². The number of imidazole rings is 1. The Morgan fingerprint density at radius 2 is 2.36 bits per heavy atom. The number of ether oxygens (including phenoxy) is 1. The monoisotopic (exact) mass is 187 g/mol. The van der Waals surface area contributed by atoms with Crippen molar-refractivity contribution in [1.29, 1.82) is 0 Å². The Labute approximate surface area is 82.8 Å². The summed E-state index contributed by atoms with van der Waals surface area (Å²) in [5, 5.41) is 0. The van der Waals surface area contributed by atoms with E-state index >= 15 is 0 Å². The second-order valence-electron chi connectivity index (χ2n) is 3.02. The molecule has 0 spiro atoms. The van der Waals surface area contributed by atoms with Gasteiger partial charge in [-0.3, -0.25) is 0 Å². The Balaban J connectivity index is 2.50. The highest BCUT2D eigenvalue weighted by Gasteiger charge is 2.06. The van der Waals surface area contributed by atoms with Gasteiger partial charge in [0.05, 0.1) is 18.4 Å². The molecule has 1 heterocycles. The van der Waals surface area contributed by atoms with Gasteiger partial charge in [-0.05, 0) is 25.1 Å². The second kappa shape index (κ2) is 3.54. The predicted octanol–water partition coefficient (Wildman–Crippen LogP) is 2.19. The van der Waals surface area contributed by atoms with Gasteiger partial charge in [0, 0.05) is 6.20 Å². The van der Waals surface area contributed by atoms with Gasteiger partial charge in [-0.1, -0.05) is 6.07 Å². The molecular formula is C11H11N2O. The van der Waals surface area contributed by atoms with Crippen molar-refractivity contribution >= 4 is 0 Å². The van der Waals surface area contributed by atoms with Gasteiger partial charge in [-0.2, -0.15) is 0 Å². The molecule has 2 rings (SSSR count). The zero-order valence-electron chi connectivity index (χ0n) is 8.16. The molecule has 3 nitrogen and oxygen atoms in total. The van der Waals surface area contributed by atoms with E-state index in [0.29, 0.717) is 0 Å². The first-order chi connectivity index (χ1) is 6.81. The minimum absolute atomic E-state index is 0.779. The fourth-order valence-electron chi connectivity index (χ4n) is 1.33. The van der Waals surface area contributed by atoms with Crippen LogP contribution in [-0.4, -0.2) is 17.1 Å². The highest BCUT2D eigenvalue weighted by atomic mass is 16.5. The highest BCUT2D eigenvalue weighted by Crippen LogP contribution is 2.26. The van der Waals surface area contributed by atoms with E-state index in [9.17, 15) is 0 Å². The van der Waals surface area contributed by atoms with Gasteiger partial charge in [0.2, 0.25) is 0 Å². The summed E-state index contributed by atoms with van der Waals surface area (Å²) < 4.78 is 5.22. The summed E-state index contributed by atoms with van der Waals surface area (Å²) in [6.07, 6.45) is 1.87. The minimum atomic E-state index is 0.779. The van der Waals surface area contributed by atoms with Crippen molar-refractivity contribution < 1.29 is 4.74 Å². The molecule has 0 fully saturated rings. The van der Waals surface area contributed by atoms with Crippen LogP contribution in [0.25, 0.3) is 11.4 Å². The molecule has 0 aliphatic heterocycles. The van der Waals surface area contributed by atoms with Crippen LogP contribution in [0.3, 0.4) is 0 Å². The first-order valence-corrected chi connectivity index (χ1v) is 4.37. The van der Waals surface area contributed by atoms with Crippen LogP contribution >= 0.6 is 0 Å². The van der Waals surface area contributed by atoms with E-state index in [4.69, 9.17) is 4.74 Å². The number of benzene rings is 1. The number of hydrogen-bond donors (Lipinski definition) is 1. The number of H-pyrrole nitrogens is 1. The van der Waals surface area contributed by atoms with Crippen LogP contribution in [0, 0.1) is 13.0 Å². The average Bonchev–Trinajstić information content (AvgIpc) is 2.65. The molecule has 1 N–H and O–H groups in total. The molecule has 0 unspecified atom stereocenters. The zero-order chi connectivity index (χ0) is 9.97. The number of nitrogens with zero attached hydrogens (tertiary/aromatic N) is 1. The molecule has 1 aromatic carbocycles. The molecule has 0 aliphatic rings. The third-order valence-corrected chi connectivity index (χ3v) is 2.01. The number of rotatable bonds is 2. The van der Waals surface area contributed by atoms with Gasteiger partial charge in [-0.15, -0.1) is 0 Å². The maximum Gasteiger partial charge on any atom is 0.141 e. The Hall–Kier alpha value is -1.77. The summed E-state index contributed by atoms with van der Waals surface area (Å²) >= 11 is 0. The SMILES string of the molecule is COc1c[c]ccc1-c1nc(C)c[nH]1. The predicted molar refractivity (Wildman–Crippen MR) is 54.1 cm³/mol. The Morgan fingerprint density at radius 3 is 3.00 bits per heavy atom. The van der Waals surface area contributed by atoms with Crippen LogP contribution < -0.4 is 4.74 Å². The molecule has 0 atom stereocenters. The number of nitrogens with one attached hydrogen (secondary N) is 1. The minimum Gasteiger partial charge on any atom is -0.496 e. The highest BCUT2D eigenvalue weighted by molar-refractivity contribution is 5.63. The number of hydrogen-bond acceptors (Lipinski definition) is 2. The standard InChI is InChI=1S/C11H11N2O/c1-8-7-12-11(13-8)9-5-3-4-6-10(9)14-2/h3,5-7H,1-2H3,(H,12,13). The van der Waals surface area contributed by atoms with E-state index in [1.54, 1.807) is 13.2 Å². The third kappa shape index (κ3) is 1.48. The molecule has 0 saturated heterocycles. The van der Waals surface area contributed by atoms with E-state index in [0.717, 1.165) is 22.8 Å². The van der Waals surface area contributed by atoms with E-state index < -0.39 is 0 Å². The lowest BCUT2D eigenvalue weighted by Crippen LogP contribution is -1.88. The normalized spacial score (nSPS) is 10.1. The molecule has 14 heavy (non-hydrogen) atoms. The second-order valence-corrected chi connectivity index (χ2v) is 3.02. The average molecular weight is 187 g/mol. The summed E-state index contributed by atoms with van der Waals surface area (Å²) in [6, 6.07) is 8.53. The lowest BCUT2D eigenvalue weighted by atomic mass is 10.2. The van der Waals surface area contributed by atoms with Gasteiger partial charge in [0.1, 0.15) is 11.6 Å². The van der Waals surface area contributed by atoms with Crippen LogP contribution in [0.5, 0.6) is 5.75 Å². The van der Waals surface area contributed by atoms with Crippen molar-refractivity contribution in [2.24, 2.45) is 0 Å². The Morgan fingerprint density at radius 1 is 1.50 bits per heavy atom. The van der Waals surface area contributed by atoms with Crippen molar-refractivity contribution in [3.63, 3.8) is 0 Å².